The van der Waals surface area contributed by atoms with Crippen molar-refractivity contribution in [3.8, 4) is 0 Å². The number of Topliss-reactive ketones (excluding diaryl/α,β-unsaturated/α-hetero) is 1. The summed E-state index contributed by atoms with van der Waals surface area (Å²) in [6.07, 6.45) is 15.9. The van der Waals surface area contributed by atoms with Gasteiger partial charge in [0.05, 0.1) is 0 Å². The first kappa shape index (κ1) is 15.7. The third kappa shape index (κ3) is 4.74. The summed E-state index contributed by atoms with van der Waals surface area (Å²) in [4.78, 5) is 12.3. The molecule has 1 aliphatic carbocycles. The van der Waals surface area contributed by atoms with Gasteiger partial charge in [0, 0.05) is 11.8 Å². The molecule has 106 valence electrons. The largest absolute Gasteiger partial charge is 0.299 e. The highest BCUT2D eigenvalue weighted by Crippen LogP contribution is 2.42. The van der Waals surface area contributed by atoms with E-state index in [9.17, 15) is 4.79 Å². The molecule has 0 aliphatic heterocycles. The molecule has 0 atom stereocenters. The molecule has 0 aromatic carbocycles. The minimum atomic E-state index is 0.0994. The molecule has 1 aliphatic rings. The maximum Gasteiger partial charge on any atom is 0.139 e. The molecule has 0 unspecified atom stereocenters. The first-order chi connectivity index (χ1) is 8.75. The molecule has 1 saturated carbocycles. The van der Waals surface area contributed by atoms with Gasteiger partial charge in [-0.15, -0.1) is 0 Å². The molecular weight excluding hydrogens is 220 g/mol. The van der Waals surface area contributed by atoms with E-state index in [0.717, 1.165) is 19.3 Å². The first-order valence-electron chi connectivity index (χ1n) is 8.28. The monoisotopic (exact) mass is 252 g/mol. The van der Waals surface area contributed by atoms with E-state index < -0.39 is 0 Å². The quantitative estimate of drug-likeness (QED) is 0.458. The Morgan fingerprint density at radius 2 is 1.44 bits per heavy atom. The lowest BCUT2D eigenvalue weighted by Gasteiger charge is -2.25. The lowest BCUT2D eigenvalue weighted by Crippen LogP contribution is -2.26. The van der Waals surface area contributed by atoms with E-state index in [0.29, 0.717) is 5.78 Å². The van der Waals surface area contributed by atoms with Crippen molar-refractivity contribution >= 4 is 5.78 Å². The van der Waals surface area contributed by atoms with Crippen molar-refractivity contribution in [3.63, 3.8) is 0 Å². The Kier molecular flexibility index (Phi) is 7.62. The van der Waals surface area contributed by atoms with Gasteiger partial charge in [0.2, 0.25) is 0 Å². The number of hydrogen-bond donors (Lipinski definition) is 0. The van der Waals surface area contributed by atoms with Crippen molar-refractivity contribution < 1.29 is 4.79 Å². The second-order valence-electron chi connectivity index (χ2n) is 6.14. The molecule has 0 radical (unpaired) electrons. The summed E-state index contributed by atoms with van der Waals surface area (Å²) in [6.45, 7) is 4.46. The van der Waals surface area contributed by atoms with Gasteiger partial charge in [-0.05, 0) is 25.7 Å². The van der Waals surface area contributed by atoms with Crippen LogP contribution < -0.4 is 0 Å². The molecular formula is C17H32O. The molecule has 1 rings (SSSR count). The minimum Gasteiger partial charge on any atom is -0.299 e. The van der Waals surface area contributed by atoms with Gasteiger partial charge in [0.15, 0.2) is 0 Å². The topological polar surface area (TPSA) is 17.1 Å². The number of ketones is 1. The average molecular weight is 252 g/mol. The summed E-state index contributed by atoms with van der Waals surface area (Å²) in [5, 5.41) is 0. The van der Waals surface area contributed by atoms with Gasteiger partial charge in [-0.25, -0.2) is 0 Å². The molecule has 1 fully saturated rings. The summed E-state index contributed by atoms with van der Waals surface area (Å²) in [7, 11) is 0. The fourth-order valence-electron chi connectivity index (χ4n) is 3.39. The Morgan fingerprint density at radius 1 is 0.889 bits per heavy atom. The van der Waals surface area contributed by atoms with E-state index in [1.165, 1.54) is 64.2 Å². The highest BCUT2D eigenvalue weighted by atomic mass is 16.1. The van der Waals surface area contributed by atoms with Crippen LogP contribution in [0.5, 0.6) is 0 Å². The van der Waals surface area contributed by atoms with Crippen molar-refractivity contribution in [1.82, 2.24) is 0 Å². The Hall–Kier alpha value is -0.330. The van der Waals surface area contributed by atoms with Crippen molar-refractivity contribution in [3.05, 3.63) is 0 Å². The zero-order valence-corrected chi connectivity index (χ0v) is 12.6. The lowest BCUT2D eigenvalue weighted by molar-refractivity contribution is -0.128. The van der Waals surface area contributed by atoms with Crippen molar-refractivity contribution in [2.45, 2.75) is 97.3 Å². The minimum absolute atomic E-state index is 0.0994. The molecule has 0 saturated heterocycles. The van der Waals surface area contributed by atoms with Crippen LogP contribution in [-0.4, -0.2) is 5.78 Å². The summed E-state index contributed by atoms with van der Waals surface area (Å²) in [5.41, 5.74) is 0.0994. The second kappa shape index (κ2) is 8.72. The van der Waals surface area contributed by atoms with E-state index in [-0.39, 0.29) is 5.41 Å². The smallest absolute Gasteiger partial charge is 0.139 e. The number of carbonyl (C=O) groups excluding carboxylic acids is 1. The Morgan fingerprint density at radius 3 is 2.00 bits per heavy atom. The number of unbranched alkanes of at least 4 members (excludes halogenated alkanes) is 6. The summed E-state index contributed by atoms with van der Waals surface area (Å²) in [5.74, 6) is 0.580. The molecule has 0 spiro atoms. The Bertz CT molecular complexity index is 226. The lowest BCUT2D eigenvalue weighted by atomic mass is 9.77. The van der Waals surface area contributed by atoms with Crippen LogP contribution in [0.3, 0.4) is 0 Å². The first-order valence-corrected chi connectivity index (χ1v) is 8.28. The van der Waals surface area contributed by atoms with Gasteiger partial charge in [-0.3, -0.25) is 4.79 Å². The van der Waals surface area contributed by atoms with E-state index >= 15 is 0 Å². The predicted octanol–water partition coefficient (Wildman–Crippen LogP) is 5.67. The van der Waals surface area contributed by atoms with E-state index in [1.807, 2.05) is 0 Å². The molecule has 0 aromatic heterocycles. The molecule has 1 heteroatoms. The van der Waals surface area contributed by atoms with Gasteiger partial charge in [-0.1, -0.05) is 65.2 Å². The van der Waals surface area contributed by atoms with Crippen LogP contribution in [0.25, 0.3) is 0 Å². The summed E-state index contributed by atoms with van der Waals surface area (Å²) in [6, 6.07) is 0. The average Bonchev–Trinajstić information content (AvgIpc) is 2.87. The standard InChI is InChI=1S/C17H32O/c1-3-5-6-7-8-9-10-13-16(18)17(4-2)14-11-12-15-17/h3-15H2,1-2H3. The van der Waals surface area contributed by atoms with Gasteiger partial charge in [-0.2, -0.15) is 0 Å². The maximum absolute atomic E-state index is 12.3. The van der Waals surface area contributed by atoms with Crippen LogP contribution in [0.1, 0.15) is 97.3 Å². The van der Waals surface area contributed by atoms with Crippen LogP contribution >= 0.6 is 0 Å². The SMILES string of the molecule is CCCCCCCCCC(=O)C1(CC)CCCC1. The van der Waals surface area contributed by atoms with Crippen LogP contribution in [0.4, 0.5) is 0 Å². The molecule has 0 bridgehead atoms. The molecule has 0 aromatic rings. The van der Waals surface area contributed by atoms with Crippen molar-refractivity contribution in [2.75, 3.05) is 0 Å². The van der Waals surface area contributed by atoms with E-state index in [4.69, 9.17) is 0 Å². The number of carbonyl (C=O) groups is 1. The van der Waals surface area contributed by atoms with Crippen molar-refractivity contribution in [2.24, 2.45) is 5.41 Å². The molecule has 0 heterocycles. The number of rotatable bonds is 10. The van der Waals surface area contributed by atoms with E-state index in [1.54, 1.807) is 0 Å². The summed E-state index contributed by atoms with van der Waals surface area (Å²) >= 11 is 0. The van der Waals surface area contributed by atoms with Crippen LogP contribution in [-0.2, 0) is 4.79 Å². The third-order valence-corrected chi connectivity index (χ3v) is 4.84. The normalized spacial score (nSPS) is 18.1. The van der Waals surface area contributed by atoms with Gasteiger partial charge < -0.3 is 0 Å². The highest BCUT2D eigenvalue weighted by Gasteiger charge is 2.38. The van der Waals surface area contributed by atoms with E-state index in [2.05, 4.69) is 13.8 Å². The number of hydrogen-bond acceptors (Lipinski definition) is 1. The Labute approximate surface area is 114 Å². The fraction of sp³-hybridized carbons (Fsp3) is 0.941. The third-order valence-electron chi connectivity index (χ3n) is 4.84. The van der Waals surface area contributed by atoms with Crippen LogP contribution in [0.2, 0.25) is 0 Å². The summed E-state index contributed by atoms with van der Waals surface area (Å²) < 4.78 is 0. The van der Waals surface area contributed by atoms with Crippen LogP contribution in [0, 0.1) is 5.41 Å². The predicted molar refractivity (Wildman–Crippen MR) is 78.8 cm³/mol. The second-order valence-corrected chi connectivity index (χ2v) is 6.14. The maximum atomic E-state index is 12.3. The zero-order chi connectivity index (χ0) is 13.3. The van der Waals surface area contributed by atoms with Crippen LogP contribution in [0.15, 0.2) is 0 Å². The fourth-order valence-corrected chi connectivity index (χ4v) is 3.39. The molecule has 18 heavy (non-hydrogen) atoms. The Balaban J connectivity index is 2.09. The van der Waals surface area contributed by atoms with Crippen molar-refractivity contribution in [1.29, 1.82) is 0 Å². The van der Waals surface area contributed by atoms with Gasteiger partial charge >= 0.3 is 0 Å². The van der Waals surface area contributed by atoms with Gasteiger partial charge in [0.1, 0.15) is 5.78 Å². The molecule has 1 nitrogen and oxygen atoms in total. The highest BCUT2D eigenvalue weighted by molar-refractivity contribution is 5.85. The molecule has 0 amide bonds. The zero-order valence-electron chi connectivity index (χ0n) is 12.6. The molecule has 0 N–H and O–H groups in total. The van der Waals surface area contributed by atoms with Gasteiger partial charge in [0.25, 0.3) is 0 Å².